The first kappa shape index (κ1) is 69.4. The number of halogens is 3. The Labute approximate surface area is 529 Å². The van der Waals surface area contributed by atoms with E-state index in [1.54, 1.807) is 42.6 Å². The summed E-state index contributed by atoms with van der Waals surface area (Å²) in [6, 6.07) is 34.9. The Morgan fingerprint density at radius 2 is 1.19 bits per heavy atom. The van der Waals surface area contributed by atoms with E-state index in [1.165, 1.54) is 106 Å². The second-order valence-corrected chi connectivity index (χ2v) is 24.2. The van der Waals surface area contributed by atoms with Gasteiger partial charge in [0.2, 0.25) is 0 Å². The molecule has 0 fully saturated rings. The number of benzene rings is 2. The molecule has 0 aliphatic carbocycles. The molecule has 86 heavy (non-hydrogen) atoms. The zero-order valence-corrected chi connectivity index (χ0v) is 53.7. The molecule has 0 unspecified atom stereocenters. The van der Waals surface area contributed by atoms with Gasteiger partial charge in [0.25, 0.3) is 12.9 Å². The standard InChI is InChI=1S/C37H39N3O4S2.C29H32F3N4.CNS.Ru/c1-3-5-7-9-11-26-17-36(45-23-26)37-28(12-10-8-6-4-2)19-35(46-37)27-13-15-38-31(18-27)33-21-30(44-25-42)22-34(40-33)32-20-29(43-24-41)14-16-39-32;1-27(2,3)19-7-11-21(12-8-19)36(22-13-9-20(10-14-22)28(4,5)6)23-15-16-35-25(17-23)24(33)18-26(34)29(30,31)32;2-1-3;/h13-25H,3-12H2,1-2H3;7-18,33-34H,1-6H3;;/q;2*-1;+2/b;24-18-,34-26?;;. The fourth-order valence-corrected chi connectivity index (χ4v) is 11.4. The van der Waals surface area contributed by atoms with Gasteiger partial charge < -0.3 is 25.5 Å². The monoisotopic (exact) mass is 1310 g/mol. The van der Waals surface area contributed by atoms with Gasteiger partial charge in [-0.2, -0.15) is 18.3 Å². The number of carbonyl (C=O) groups is 2. The Morgan fingerprint density at radius 3 is 1.73 bits per heavy atom. The number of ether oxygens (including phenoxy) is 2. The predicted octanol–water partition coefficient (Wildman–Crippen LogP) is 19.8. The van der Waals surface area contributed by atoms with Crippen LogP contribution in [0.1, 0.15) is 135 Å². The number of hydrogen-bond donors (Lipinski definition) is 1. The van der Waals surface area contributed by atoms with Crippen molar-refractivity contribution in [2.75, 3.05) is 4.90 Å². The second-order valence-electron chi connectivity index (χ2n) is 22.1. The van der Waals surface area contributed by atoms with E-state index >= 15 is 0 Å². The maximum absolute atomic E-state index is 12.8. The van der Waals surface area contributed by atoms with Crippen LogP contribution in [0.5, 0.6) is 11.5 Å². The number of anilines is 3. The summed E-state index contributed by atoms with van der Waals surface area (Å²) < 4.78 is 48.7. The second kappa shape index (κ2) is 32.9. The van der Waals surface area contributed by atoms with E-state index in [0.717, 1.165) is 29.8 Å². The molecule has 0 atom stereocenters. The van der Waals surface area contributed by atoms with Gasteiger partial charge in [0.1, 0.15) is 17.2 Å². The van der Waals surface area contributed by atoms with Gasteiger partial charge in [0.05, 0.1) is 22.8 Å². The van der Waals surface area contributed by atoms with Crippen LogP contribution in [-0.2, 0) is 52.7 Å². The van der Waals surface area contributed by atoms with Crippen LogP contribution in [-0.4, -0.2) is 49.9 Å². The molecule has 0 bridgehead atoms. The molecular weight excluding hydrogens is 1240 g/mol. The van der Waals surface area contributed by atoms with Crippen molar-refractivity contribution in [2.24, 2.45) is 0 Å². The smallest absolute Gasteiger partial charge is 0.753 e. The number of carbonyl (C=O) groups excluding carboxylic acids is 2. The number of isothiocyanates is 1. The Morgan fingerprint density at radius 1 is 0.663 bits per heavy atom. The van der Waals surface area contributed by atoms with Crippen molar-refractivity contribution in [3.63, 3.8) is 0 Å². The molecule has 2 N–H and O–H groups in total. The molecule has 0 spiro atoms. The van der Waals surface area contributed by atoms with Gasteiger partial charge in [-0.3, -0.25) is 30.0 Å². The molecule has 0 amide bonds. The Hall–Kier alpha value is -7.40. The summed E-state index contributed by atoms with van der Waals surface area (Å²) in [5.74, 6) is 0.639. The maximum atomic E-state index is 12.8. The third kappa shape index (κ3) is 20.1. The van der Waals surface area contributed by atoms with E-state index in [4.69, 9.17) is 31.0 Å². The van der Waals surface area contributed by atoms with Gasteiger partial charge >= 0.3 is 25.7 Å². The SMILES string of the molecule is CC(C)(C)c1ccc(N(c2ccc(C(C)(C)C)cc2)c2ccnc(/C([NH-])=C/C(=N)C(F)(F)F)c2)cc1.CCCCCCc1csc(-c2sc(-c3ccnc(-c4cc(OC=O)cc(-c5cc(OC=O)ccn5)n4)c3)cc2CCCCCC)c1.[N-]=C=S.[Ru+2]. The van der Waals surface area contributed by atoms with Gasteiger partial charge in [-0.25, -0.2) is 4.98 Å². The molecule has 2 aromatic carbocycles. The molecule has 8 aromatic rings. The molecule has 450 valence electrons. The van der Waals surface area contributed by atoms with Gasteiger partial charge in [-0.1, -0.05) is 130 Å². The quantitative estimate of drug-likeness (QED) is 0.0213. The molecule has 0 saturated carbocycles. The predicted molar refractivity (Wildman–Crippen MR) is 345 cm³/mol. The summed E-state index contributed by atoms with van der Waals surface area (Å²) in [6.07, 6.45) is 12.6. The Kier molecular flexibility index (Phi) is 26.6. The van der Waals surface area contributed by atoms with Crippen LogP contribution in [0.2, 0.25) is 0 Å². The first-order valence-electron chi connectivity index (χ1n) is 28.0. The Bertz CT molecular complexity index is 3510. The number of hydrogen-bond acceptors (Lipinski definition) is 13. The number of allylic oxidation sites excluding steroid dienone is 1. The number of pyridine rings is 4. The van der Waals surface area contributed by atoms with Crippen molar-refractivity contribution in [1.82, 2.24) is 19.9 Å². The van der Waals surface area contributed by atoms with Crippen LogP contribution in [0.25, 0.3) is 59.8 Å². The average Bonchev–Trinajstić information content (AvgIpc) is 2.63. The first-order chi connectivity index (χ1) is 40.6. The largest absolute Gasteiger partial charge is 2.00 e. The summed E-state index contributed by atoms with van der Waals surface area (Å²) in [6.45, 7) is 18.1. The molecule has 6 heterocycles. The van der Waals surface area contributed by atoms with Crippen LogP contribution in [0.15, 0.2) is 139 Å². The zero-order chi connectivity index (χ0) is 61.7. The fraction of sp³-hybridized carbons (Fsp3) is 0.313. The molecule has 0 aliphatic heterocycles. The normalized spacial score (nSPS) is 11.4. The van der Waals surface area contributed by atoms with E-state index < -0.39 is 17.6 Å². The minimum absolute atomic E-state index is 0. The topological polar surface area (TPSA) is 177 Å². The first-order valence-corrected chi connectivity index (χ1v) is 30.1. The van der Waals surface area contributed by atoms with Gasteiger partial charge in [-0.05, 0) is 143 Å². The number of nitrogens with one attached hydrogen (secondary N) is 2. The molecule has 8 rings (SSSR count). The van der Waals surface area contributed by atoms with Gasteiger partial charge in [0, 0.05) is 74.2 Å². The molecule has 19 heteroatoms. The number of alkyl halides is 3. The van der Waals surface area contributed by atoms with Crippen molar-refractivity contribution >= 4 is 81.5 Å². The van der Waals surface area contributed by atoms with Crippen LogP contribution < -0.4 is 14.4 Å². The Balaban J connectivity index is 0.000000305. The van der Waals surface area contributed by atoms with Crippen molar-refractivity contribution in [3.05, 3.63) is 178 Å². The average molecular weight is 1310 g/mol. The third-order valence-electron chi connectivity index (χ3n) is 13.6. The van der Waals surface area contributed by atoms with E-state index in [0.29, 0.717) is 59.0 Å². The number of thiocarbonyl (C=S) groups is 1. The summed E-state index contributed by atoms with van der Waals surface area (Å²) in [4.78, 5) is 45.9. The van der Waals surface area contributed by atoms with Crippen LogP contribution in [0, 0.1) is 5.41 Å². The van der Waals surface area contributed by atoms with Crippen LogP contribution in [0.3, 0.4) is 0 Å². The van der Waals surface area contributed by atoms with Gasteiger partial charge in [0.15, 0.2) is 0 Å². The molecule has 6 aromatic heterocycles. The molecule has 12 nitrogen and oxygen atoms in total. The number of rotatable bonds is 23. The van der Waals surface area contributed by atoms with E-state index in [9.17, 15) is 22.8 Å². The number of thiophene rings is 2. The number of aryl methyl sites for hydroxylation is 2. The fourth-order valence-electron chi connectivity index (χ4n) is 9.06. The molecule has 0 saturated heterocycles. The van der Waals surface area contributed by atoms with Crippen LogP contribution in [0.4, 0.5) is 30.2 Å². The minimum atomic E-state index is -4.82. The zero-order valence-electron chi connectivity index (χ0n) is 49.5. The summed E-state index contributed by atoms with van der Waals surface area (Å²) in [5, 5.41) is 18.0. The van der Waals surface area contributed by atoms with Crippen molar-refractivity contribution in [3.8, 4) is 54.5 Å². The summed E-state index contributed by atoms with van der Waals surface area (Å²) in [5.41, 5.74) is 16.7. The maximum Gasteiger partial charge on any atom is 2.00 e. The molecular formula is C67H71F3N8O4RuS3. The van der Waals surface area contributed by atoms with Gasteiger partial charge in [-0.15, -0.1) is 28.4 Å². The molecule has 0 radical (unpaired) electrons. The summed E-state index contributed by atoms with van der Waals surface area (Å²) in [7, 11) is 0. The van der Waals surface area contributed by atoms with E-state index in [2.05, 4.69) is 124 Å². The van der Waals surface area contributed by atoms with Crippen molar-refractivity contribution in [2.45, 2.75) is 137 Å². The minimum Gasteiger partial charge on any atom is -0.753 e. The van der Waals surface area contributed by atoms with Crippen molar-refractivity contribution < 1.29 is 51.7 Å². The van der Waals surface area contributed by atoms with E-state index in [-0.39, 0.29) is 36.0 Å². The number of aromatic nitrogens is 4. The third-order valence-corrected chi connectivity index (χ3v) is 16.0. The van der Waals surface area contributed by atoms with E-state index in [1.807, 2.05) is 64.0 Å². The number of nitrogens with zero attached hydrogens (tertiary/aromatic N) is 6. The molecule has 0 aliphatic rings. The van der Waals surface area contributed by atoms with Crippen LogP contribution >= 0.6 is 34.9 Å². The van der Waals surface area contributed by atoms with Crippen molar-refractivity contribution in [1.29, 1.82) is 5.41 Å². The summed E-state index contributed by atoms with van der Waals surface area (Å²) >= 11 is 7.39. The number of unbranched alkanes of at least 4 members (excludes halogenated alkanes) is 6.